The van der Waals surface area contributed by atoms with Crippen molar-refractivity contribution in [3.63, 3.8) is 0 Å². The third-order valence-corrected chi connectivity index (χ3v) is 3.99. The highest BCUT2D eigenvalue weighted by molar-refractivity contribution is 5.78. The summed E-state index contributed by atoms with van der Waals surface area (Å²) >= 11 is 0. The maximum atomic E-state index is 5.48. The average molecular weight is 336 g/mol. The Balaban J connectivity index is 1.80. The molecule has 1 aromatic heterocycles. The van der Waals surface area contributed by atoms with Gasteiger partial charge in [0.2, 0.25) is 0 Å². The molecule has 0 N–H and O–H groups in total. The first-order valence-electron chi connectivity index (χ1n) is 8.71. The summed E-state index contributed by atoms with van der Waals surface area (Å²) in [6.45, 7) is 4.54. The van der Waals surface area contributed by atoms with E-state index in [9.17, 15) is 0 Å². The van der Waals surface area contributed by atoms with Gasteiger partial charge in [0, 0.05) is 24.3 Å². The Morgan fingerprint density at radius 1 is 0.880 bits per heavy atom. The third kappa shape index (κ3) is 4.56. The van der Waals surface area contributed by atoms with Gasteiger partial charge in [-0.2, -0.15) is 0 Å². The number of hydrogen-bond donors (Lipinski definition) is 0. The quantitative estimate of drug-likeness (QED) is 0.423. The molecule has 25 heavy (non-hydrogen) atoms. The van der Waals surface area contributed by atoms with Crippen LogP contribution in [0.3, 0.4) is 0 Å². The van der Waals surface area contributed by atoms with Gasteiger partial charge in [0.05, 0.1) is 24.3 Å². The number of aryl methyl sites for hydroxylation is 1. The molecule has 0 aliphatic rings. The minimum atomic E-state index is 0.362. The van der Waals surface area contributed by atoms with Gasteiger partial charge in [-0.25, -0.2) is 4.98 Å². The molecule has 0 saturated heterocycles. The van der Waals surface area contributed by atoms with E-state index in [0.717, 1.165) is 29.9 Å². The fourth-order valence-corrected chi connectivity index (χ4v) is 2.80. The zero-order valence-electron chi connectivity index (χ0n) is 14.6. The van der Waals surface area contributed by atoms with E-state index in [4.69, 9.17) is 9.47 Å². The van der Waals surface area contributed by atoms with Gasteiger partial charge in [0.15, 0.2) is 0 Å². The summed E-state index contributed by atoms with van der Waals surface area (Å²) in [7, 11) is 0. The van der Waals surface area contributed by atoms with Crippen molar-refractivity contribution < 1.29 is 9.47 Å². The number of imidazole rings is 1. The second-order valence-corrected chi connectivity index (χ2v) is 5.74. The van der Waals surface area contributed by atoms with Crippen LogP contribution in [0.2, 0.25) is 0 Å². The molecule has 0 amide bonds. The van der Waals surface area contributed by atoms with E-state index < -0.39 is 0 Å². The van der Waals surface area contributed by atoms with Gasteiger partial charge >= 0.3 is 0 Å². The lowest BCUT2D eigenvalue weighted by molar-refractivity contribution is -0.0504. The van der Waals surface area contributed by atoms with Gasteiger partial charge < -0.3 is 14.0 Å². The smallest absolute Gasteiger partial charge is 0.146 e. The molecule has 0 aliphatic carbocycles. The summed E-state index contributed by atoms with van der Waals surface area (Å²) < 4.78 is 12.9. The molecular weight excluding hydrogens is 312 g/mol. The van der Waals surface area contributed by atoms with Gasteiger partial charge in [0.1, 0.15) is 6.79 Å². The highest BCUT2D eigenvalue weighted by Crippen LogP contribution is 2.31. The van der Waals surface area contributed by atoms with Gasteiger partial charge in [0.25, 0.3) is 0 Å². The van der Waals surface area contributed by atoms with Crippen molar-refractivity contribution in [2.24, 2.45) is 0 Å². The largest absolute Gasteiger partial charge is 0.356 e. The van der Waals surface area contributed by atoms with Crippen LogP contribution in [0.1, 0.15) is 13.3 Å². The van der Waals surface area contributed by atoms with E-state index in [-0.39, 0.29) is 0 Å². The lowest BCUT2D eigenvalue weighted by atomic mass is 10.0. The number of benzene rings is 2. The predicted molar refractivity (Wildman–Crippen MR) is 100 cm³/mol. The fourth-order valence-electron chi connectivity index (χ4n) is 2.80. The number of nitrogens with zero attached hydrogens (tertiary/aromatic N) is 2. The van der Waals surface area contributed by atoms with Crippen molar-refractivity contribution in [3.05, 3.63) is 67.0 Å². The summed E-state index contributed by atoms with van der Waals surface area (Å²) in [5.74, 6) is 0. The van der Waals surface area contributed by atoms with Crippen molar-refractivity contribution in [2.45, 2.75) is 19.9 Å². The first-order valence-corrected chi connectivity index (χ1v) is 8.71. The summed E-state index contributed by atoms with van der Waals surface area (Å²) in [5, 5.41) is 0. The lowest BCUT2D eigenvalue weighted by Gasteiger charge is -2.11. The van der Waals surface area contributed by atoms with Crippen LogP contribution < -0.4 is 0 Å². The summed E-state index contributed by atoms with van der Waals surface area (Å²) in [6.07, 6.45) is 2.84. The molecule has 0 spiro atoms. The second-order valence-electron chi connectivity index (χ2n) is 5.74. The molecular formula is C21H24N2O2. The minimum Gasteiger partial charge on any atom is -0.356 e. The SMILES string of the molecule is CCOCOCCCn1cnc(-c2ccccc2)c1-c1ccccc1. The Bertz CT molecular complexity index is 754. The van der Waals surface area contributed by atoms with E-state index in [1.165, 1.54) is 5.56 Å². The van der Waals surface area contributed by atoms with Gasteiger partial charge in [-0.1, -0.05) is 60.7 Å². The maximum Gasteiger partial charge on any atom is 0.146 e. The first kappa shape index (κ1) is 17.4. The molecule has 3 rings (SSSR count). The molecule has 0 atom stereocenters. The monoisotopic (exact) mass is 336 g/mol. The van der Waals surface area contributed by atoms with E-state index >= 15 is 0 Å². The predicted octanol–water partition coefficient (Wildman–Crippen LogP) is 4.62. The van der Waals surface area contributed by atoms with Crippen LogP contribution in [-0.2, 0) is 16.0 Å². The summed E-state index contributed by atoms with van der Waals surface area (Å²) in [6, 6.07) is 20.7. The lowest BCUT2D eigenvalue weighted by Crippen LogP contribution is -2.06. The van der Waals surface area contributed by atoms with Crippen molar-refractivity contribution in [2.75, 3.05) is 20.0 Å². The Morgan fingerprint density at radius 2 is 1.56 bits per heavy atom. The zero-order chi connectivity index (χ0) is 17.3. The Kier molecular flexibility index (Phi) is 6.37. The molecule has 130 valence electrons. The molecule has 0 bridgehead atoms. The van der Waals surface area contributed by atoms with E-state index in [1.807, 2.05) is 37.5 Å². The topological polar surface area (TPSA) is 36.3 Å². The number of aromatic nitrogens is 2. The van der Waals surface area contributed by atoms with Gasteiger partial charge in [-0.3, -0.25) is 0 Å². The number of ether oxygens (including phenoxy) is 2. The standard InChI is InChI=1S/C21H24N2O2/c1-2-24-17-25-15-9-14-23-16-22-20(18-10-5-3-6-11-18)21(23)19-12-7-4-8-13-19/h3-8,10-13,16H,2,9,14-15,17H2,1H3. The van der Waals surface area contributed by atoms with Gasteiger partial charge in [-0.15, -0.1) is 0 Å². The molecule has 3 aromatic rings. The molecule has 4 nitrogen and oxygen atoms in total. The maximum absolute atomic E-state index is 5.48. The summed E-state index contributed by atoms with van der Waals surface area (Å²) in [5.41, 5.74) is 4.47. The molecule has 0 fully saturated rings. The van der Waals surface area contributed by atoms with Crippen molar-refractivity contribution in [1.29, 1.82) is 0 Å². The van der Waals surface area contributed by atoms with Crippen molar-refractivity contribution >= 4 is 0 Å². The molecule has 0 aliphatic heterocycles. The van der Waals surface area contributed by atoms with Crippen LogP contribution in [0.25, 0.3) is 22.5 Å². The molecule has 0 radical (unpaired) electrons. The molecule has 4 heteroatoms. The van der Waals surface area contributed by atoms with E-state index in [2.05, 4.69) is 45.9 Å². The molecule has 0 saturated carbocycles. The normalized spacial score (nSPS) is 10.9. The van der Waals surface area contributed by atoms with E-state index in [0.29, 0.717) is 20.0 Å². The summed E-state index contributed by atoms with van der Waals surface area (Å²) in [4.78, 5) is 4.69. The Hall–Kier alpha value is -2.43. The highest BCUT2D eigenvalue weighted by Gasteiger charge is 2.14. The van der Waals surface area contributed by atoms with Crippen LogP contribution in [0.5, 0.6) is 0 Å². The molecule has 0 unspecified atom stereocenters. The highest BCUT2D eigenvalue weighted by atomic mass is 16.7. The fraction of sp³-hybridized carbons (Fsp3) is 0.286. The Morgan fingerprint density at radius 3 is 2.24 bits per heavy atom. The van der Waals surface area contributed by atoms with E-state index in [1.54, 1.807) is 0 Å². The second kappa shape index (κ2) is 9.16. The third-order valence-electron chi connectivity index (χ3n) is 3.99. The average Bonchev–Trinajstić information content (AvgIpc) is 3.10. The molecule has 2 aromatic carbocycles. The van der Waals surface area contributed by atoms with Crippen LogP contribution in [0, 0.1) is 0 Å². The van der Waals surface area contributed by atoms with Gasteiger partial charge in [-0.05, 0) is 13.3 Å². The van der Waals surface area contributed by atoms with Crippen molar-refractivity contribution in [1.82, 2.24) is 9.55 Å². The zero-order valence-corrected chi connectivity index (χ0v) is 14.6. The van der Waals surface area contributed by atoms with Crippen LogP contribution in [-0.4, -0.2) is 29.6 Å². The minimum absolute atomic E-state index is 0.362. The van der Waals surface area contributed by atoms with Crippen LogP contribution >= 0.6 is 0 Å². The Labute approximate surface area is 149 Å². The van der Waals surface area contributed by atoms with Crippen molar-refractivity contribution in [3.8, 4) is 22.5 Å². The van der Waals surface area contributed by atoms with Crippen LogP contribution in [0.4, 0.5) is 0 Å². The molecule has 1 heterocycles. The number of hydrogen-bond acceptors (Lipinski definition) is 3. The first-order chi connectivity index (χ1) is 12.4. The van der Waals surface area contributed by atoms with Crippen LogP contribution in [0.15, 0.2) is 67.0 Å². The number of rotatable bonds is 9.